The molecule has 30 heavy (non-hydrogen) atoms. The summed E-state index contributed by atoms with van der Waals surface area (Å²) in [7, 11) is 0. The van der Waals surface area contributed by atoms with Gasteiger partial charge in [-0.1, -0.05) is 72.8 Å². The van der Waals surface area contributed by atoms with E-state index in [1.54, 1.807) is 0 Å². The van der Waals surface area contributed by atoms with Crippen molar-refractivity contribution < 1.29 is 9.53 Å². The van der Waals surface area contributed by atoms with Crippen molar-refractivity contribution in [2.75, 3.05) is 0 Å². The van der Waals surface area contributed by atoms with Crippen LogP contribution in [0, 0.1) is 0 Å². The van der Waals surface area contributed by atoms with Gasteiger partial charge in [-0.05, 0) is 67.0 Å². The number of hydrogen-bond donors (Lipinski definition) is 1. The van der Waals surface area contributed by atoms with Crippen LogP contribution in [0.1, 0.15) is 43.0 Å². The van der Waals surface area contributed by atoms with Gasteiger partial charge >= 0.3 is 5.97 Å². The minimum absolute atomic E-state index is 0.206. The lowest BCUT2D eigenvalue weighted by atomic mass is 10.0. The van der Waals surface area contributed by atoms with Crippen LogP contribution in [0.25, 0.3) is 11.1 Å². The Labute approximate surface area is 179 Å². The smallest absolute Gasteiger partial charge is 0.324 e. The molecule has 0 fully saturated rings. The molecule has 0 aliphatic heterocycles. The average Bonchev–Trinajstić information content (AvgIpc) is 3.10. The van der Waals surface area contributed by atoms with Gasteiger partial charge in [0, 0.05) is 6.54 Å². The SMILES string of the molecule is CC(C)(C)OC(=O)[C@H](Cc1ccccc1)NCc1cccc2c1Cc1ccccc1-2. The largest absolute Gasteiger partial charge is 0.459 e. The standard InChI is InChI=1S/C27H29NO2/c1-27(2,3)30-26(29)25(16-19-10-5-4-6-11-19)28-18-21-13-9-15-23-22-14-8-7-12-20(22)17-24(21)23/h4-15,25,28H,16-18H2,1-3H3/t25-/m0/s1. The fraction of sp³-hybridized carbons (Fsp3) is 0.296. The third-order valence-electron chi connectivity index (χ3n) is 5.46. The molecule has 1 aliphatic carbocycles. The molecule has 3 nitrogen and oxygen atoms in total. The number of benzene rings is 3. The Bertz CT molecular complexity index is 1030. The maximum absolute atomic E-state index is 12.9. The van der Waals surface area contributed by atoms with Crippen molar-refractivity contribution in [2.24, 2.45) is 0 Å². The predicted octanol–water partition coefficient (Wildman–Crippen LogP) is 5.30. The van der Waals surface area contributed by atoms with Crippen LogP contribution >= 0.6 is 0 Å². The summed E-state index contributed by atoms with van der Waals surface area (Å²) in [4.78, 5) is 12.9. The number of carbonyl (C=O) groups excluding carboxylic acids is 1. The van der Waals surface area contributed by atoms with Gasteiger partial charge in [-0.3, -0.25) is 4.79 Å². The molecule has 154 valence electrons. The van der Waals surface area contributed by atoms with E-state index in [1.165, 1.54) is 27.8 Å². The van der Waals surface area contributed by atoms with Gasteiger partial charge in [-0.2, -0.15) is 0 Å². The second-order valence-corrected chi connectivity index (χ2v) is 8.93. The highest BCUT2D eigenvalue weighted by molar-refractivity contribution is 5.78. The van der Waals surface area contributed by atoms with E-state index < -0.39 is 11.6 Å². The number of ether oxygens (including phenoxy) is 1. The fourth-order valence-electron chi connectivity index (χ4n) is 4.08. The molecular formula is C27H29NO2. The highest BCUT2D eigenvalue weighted by atomic mass is 16.6. The first-order valence-corrected chi connectivity index (χ1v) is 10.6. The Balaban J connectivity index is 1.54. The van der Waals surface area contributed by atoms with Crippen molar-refractivity contribution >= 4 is 5.97 Å². The topological polar surface area (TPSA) is 38.3 Å². The molecule has 3 aromatic carbocycles. The highest BCUT2D eigenvalue weighted by Crippen LogP contribution is 2.38. The van der Waals surface area contributed by atoms with Crippen molar-refractivity contribution in [3.05, 3.63) is 95.1 Å². The van der Waals surface area contributed by atoms with Crippen molar-refractivity contribution in [1.82, 2.24) is 5.32 Å². The third kappa shape index (κ3) is 4.63. The van der Waals surface area contributed by atoms with E-state index in [-0.39, 0.29) is 5.97 Å². The van der Waals surface area contributed by atoms with Crippen LogP contribution < -0.4 is 5.32 Å². The van der Waals surface area contributed by atoms with Crippen LogP contribution in [0.5, 0.6) is 0 Å². The van der Waals surface area contributed by atoms with E-state index in [2.05, 4.69) is 59.9 Å². The maximum Gasteiger partial charge on any atom is 0.324 e. The first kappa shape index (κ1) is 20.4. The summed E-state index contributed by atoms with van der Waals surface area (Å²) in [6.45, 7) is 6.36. The summed E-state index contributed by atoms with van der Waals surface area (Å²) in [6.07, 6.45) is 1.55. The molecule has 3 heteroatoms. The molecule has 4 rings (SSSR count). The van der Waals surface area contributed by atoms with E-state index >= 15 is 0 Å². The van der Waals surface area contributed by atoms with Crippen molar-refractivity contribution in [3.63, 3.8) is 0 Å². The molecule has 0 spiro atoms. The van der Waals surface area contributed by atoms with Gasteiger partial charge < -0.3 is 10.1 Å². The molecular weight excluding hydrogens is 370 g/mol. The lowest BCUT2D eigenvalue weighted by Gasteiger charge is -2.25. The van der Waals surface area contributed by atoms with Crippen LogP contribution in [-0.4, -0.2) is 17.6 Å². The summed E-state index contributed by atoms with van der Waals surface area (Å²) in [5, 5.41) is 3.49. The minimum Gasteiger partial charge on any atom is -0.459 e. The van der Waals surface area contributed by atoms with Crippen LogP contribution in [0.3, 0.4) is 0 Å². The molecule has 0 unspecified atom stereocenters. The van der Waals surface area contributed by atoms with E-state index in [0.717, 1.165) is 12.0 Å². The predicted molar refractivity (Wildman–Crippen MR) is 121 cm³/mol. The number of rotatable bonds is 6. The Morgan fingerprint density at radius 1 is 0.933 bits per heavy atom. The quantitative estimate of drug-likeness (QED) is 0.447. The monoisotopic (exact) mass is 399 g/mol. The molecule has 1 N–H and O–H groups in total. The van der Waals surface area contributed by atoms with Gasteiger partial charge in [0.25, 0.3) is 0 Å². The van der Waals surface area contributed by atoms with Crippen molar-refractivity contribution in [1.29, 1.82) is 0 Å². The molecule has 0 saturated carbocycles. The van der Waals surface area contributed by atoms with E-state index in [4.69, 9.17) is 4.74 Å². The summed E-state index contributed by atoms with van der Waals surface area (Å²) < 4.78 is 5.70. The zero-order chi connectivity index (χ0) is 21.1. The summed E-state index contributed by atoms with van der Waals surface area (Å²) >= 11 is 0. The Kier molecular flexibility index (Phi) is 5.74. The van der Waals surface area contributed by atoms with Crippen LogP contribution in [0.15, 0.2) is 72.8 Å². The molecule has 1 atom stereocenters. The van der Waals surface area contributed by atoms with Crippen LogP contribution in [0.2, 0.25) is 0 Å². The second-order valence-electron chi connectivity index (χ2n) is 8.93. The Hall–Kier alpha value is -2.91. The summed E-state index contributed by atoms with van der Waals surface area (Å²) in [6, 6.07) is 24.7. The molecule has 0 saturated heterocycles. The first-order valence-electron chi connectivity index (χ1n) is 10.6. The number of nitrogens with one attached hydrogen (secondary N) is 1. The molecule has 0 bridgehead atoms. The van der Waals surface area contributed by atoms with Gasteiger partial charge in [-0.25, -0.2) is 0 Å². The normalized spacial score (nSPS) is 13.4. The molecule has 0 radical (unpaired) electrons. The first-order chi connectivity index (χ1) is 14.4. The van der Waals surface area contributed by atoms with Gasteiger partial charge in [0.15, 0.2) is 0 Å². The minimum atomic E-state index is -0.511. The van der Waals surface area contributed by atoms with E-state index in [9.17, 15) is 4.79 Å². The van der Waals surface area contributed by atoms with Gasteiger partial charge in [0.1, 0.15) is 11.6 Å². The Morgan fingerprint density at radius 2 is 1.63 bits per heavy atom. The summed E-state index contributed by atoms with van der Waals surface area (Å²) in [5.41, 5.74) is 7.20. The molecule has 0 amide bonds. The number of fused-ring (bicyclic) bond motifs is 3. The van der Waals surface area contributed by atoms with Crippen molar-refractivity contribution in [2.45, 2.75) is 51.8 Å². The van der Waals surface area contributed by atoms with Crippen LogP contribution in [-0.2, 0) is 28.9 Å². The van der Waals surface area contributed by atoms with E-state index in [0.29, 0.717) is 13.0 Å². The zero-order valence-electron chi connectivity index (χ0n) is 17.9. The van der Waals surface area contributed by atoms with Gasteiger partial charge in [0.05, 0.1) is 0 Å². The maximum atomic E-state index is 12.9. The van der Waals surface area contributed by atoms with E-state index in [1.807, 2.05) is 39.0 Å². The fourth-order valence-corrected chi connectivity index (χ4v) is 4.08. The average molecular weight is 400 g/mol. The van der Waals surface area contributed by atoms with Crippen LogP contribution in [0.4, 0.5) is 0 Å². The van der Waals surface area contributed by atoms with Crippen molar-refractivity contribution in [3.8, 4) is 11.1 Å². The van der Waals surface area contributed by atoms with Gasteiger partial charge in [0.2, 0.25) is 0 Å². The molecule has 1 aliphatic rings. The lowest BCUT2D eigenvalue weighted by Crippen LogP contribution is -2.42. The second kappa shape index (κ2) is 8.45. The summed E-state index contributed by atoms with van der Waals surface area (Å²) in [5.74, 6) is -0.206. The zero-order valence-corrected chi connectivity index (χ0v) is 17.9. The number of hydrogen-bond acceptors (Lipinski definition) is 3. The highest BCUT2D eigenvalue weighted by Gasteiger charge is 2.26. The molecule has 0 aromatic heterocycles. The third-order valence-corrected chi connectivity index (χ3v) is 5.46. The number of carbonyl (C=O) groups is 1. The molecule has 3 aromatic rings. The van der Waals surface area contributed by atoms with Gasteiger partial charge in [-0.15, -0.1) is 0 Å². The number of esters is 1. The molecule has 0 heterocycles. The lowest BCUT2D eigenvalue weighted by molar-refractivity contribution is -0.157. The Morgan fingerprint density at radius 3 is 2.40 bits per heavy atom.